The molecule has 2 aromatic carbocycles. The number of anilines is 2. The molecular formula is C25H26N6O. The lowest BCUT2D eigenvalue weighted by Crippen LogP contribution is -2.49. The zero-order valence-corrected chi connectivity index (χ0v) is 18.2. The molecule has 0 aliphatic carbocycles. The monoisotopic (exact) mass is 426 g/mol. The third kappa shape index (κ3) is 5.03. The number of nitrogens with zero attached hydrogens (tertiary/aromatic N) is 6. The minimum absolute atomic E-state index is 0.0363. The lowest BCUT2D eigenvalue weighted by atomic mass is 10.1. The molecule has 0 unspecified atom stereocenters. The van der Waals surface area contributed by atoms with Crippen molar-refractivity contribution in [2.75, 3.05) is 49.6 Å². The molecular weight excluding hydrogens is 400 g/mol. The molecule has 0 atom stereocenters. The van der Waals surface area contributed by atoms with E-state index < -0.39 is 0 Å². The first-order chi connectivity index (χ1) is 15.6. The molecule has 4 rings (SSSR count). The van der Waals surface area contributed by atoms with E-state index in [1.54, 1.807) is 30.5 Å². The van der Waals surface area contributed by atoms with Gasteiger partial charge in [-0.1, -0.05) is 36.4 Å². The summed E-state index contributed by atoms with van der Waals surface area (Å²) in [4.78, 5) is 28.1. The van der Waals surface area contributed by atoms with Crippen molar-refractivity contribution in [2.45, 2.75) is 6.42 Å². The fourth-order valence-corrected chi connectivity index (χ4v) is 3.78. The van der Waals surface area contributed by atoms with E-state index in [9.17, 15) is 4.79 Å². The Labute approximate surface area is 188 Å². The highest BCUT2D eigenvalue weighted by Crippen LogP contribution is 2.18. The van der Waals surface area contributed by atoms with E-state index in [1.165, 1.54) is 5.56 Å². The normalized spacial score (nSPS) is 13.5. The summed E-state index contributed by atoms with van der Waals surface area (Å²) in [5.74, 6) is 1.54. The number of aromatic nitrogens is 2. The van der Waals surface area contributed by atoms with E-state index in [2.05, 4.69) is 45.1 Å². The van der Waals surface area contributed by atoms with E-state index in [1.807, 2.05) is 24.1 Å². The maximum absolute atomic E-state index is 12.8. The second-order valence-corrected chi connectivity index (χ2v) is 7.84. The average Bonchev–Trinajstić information content (AvgIpc) is 2.87. The van der Waals surface area contributed by atoms with Crippen molar-refractivity contribution >= 4 is 17.7 Å². The summed E-state index contributed by atoms with van der Waals surface area (Å²) < 4.78 is 0. The van der Waals surface area contributed by atoms with Crippen LogP contribution in [0.2, 0.25) is 0 Å². The van der Waals surface area contributed by atoms with E-state index >= 15 is 0 Å². The number of hydrogen-bond acceptors (Lipinski definition) is 6. The van der Waals surface area contributed by atoms with Crippen LogP contribution in [0.5, 0.6) is 0 Å². The highest BCUT2D eigenvalue weighted by atomic mass is 16.2. The molecule has 0 radical (unpaired) electrons. The van der Waals surface area contributed by atoms with Crippen LogP contribution < -0.4 is 9.80 Å². The van der Waals surface area contributed by atoms with Crippen molar-refractivity contribution in [3.05, 3.63) is 83.6 Å². The number of hydrogen-bond donors (Lipinski definition) is 0. The molecule has 162 valence electrons. The molecule has 1 aliphatic rings. The lowest BCUT2D eigenvalue weighted by molar-refractivity contribution is 0.0746. The Hall–Kier alpha value is -3.92. The molecule has 0 spiro atoms. The topological polar surface area (TPSA) is 76.4 Å². The van der Waals surface area contributed by atoms with Gasteiger partial charge in [0.05, 0.1) is 11.6 Å². The second-order valence-electron chi connectivity index (χ2n) is 7.84. The molecule has 0 bridgehead atoms. The van der Waals surface area contributed by atoms with Crippen LogP contribution >= 0.6 is 0 Å². The smallest absolute Gasteiger partial charge is 0.254 e. The van der Waals surface area contributed by atoms with Gasteiger partial charge in [-0.15, -0.1) is 0 Å². The minimum Gasteiger partial charge on any atom is -0.353 e. The first-order valence-electron chi connectivity index (χ1n) is 10.8. The second kappa shape index (κ2) is 9.92. The summed E-state index contributed by atoms with van der Waals surface area (Å²) in [7, 11) is 2.01. The van der Waals surface area contributed by atoms with E-state index in [4.69, 9.17) is 10.2 Å². The lowest BCUT2D eigenvalue weighted by Gasteiger charge is -2.35. The summed E-state index contributed by atoms with van der Waals surface area (Å²) in [5.41, 5.74) is 2.35. The van der Waals surface area contributed by atoms with Gasteiger partial charge >= 0.3 is 0 Å². The predicted octanol–water partition coefficient (Wildman–Crippen LogP) is 2.99. The number of piperazine rings is 1. The molecule has 0 saturated carbocycles. The van der Waals surface area contributed by atoms with Gasteiger partial charge in [0.1, 0.15) is 5.82 Å². The average molecular weight is 427 g/mol. The molecule has 7 heteroatoms. The molecule has 3 aromatic rings. The van der Waals surface area contributed by atoms with Crippen molar-refractivity contribution in [3.8, 4) is 6.07 Å². The Morgan fingerprint density at radius 2 is 1.84 bits per heavy atom. The zero-order valence-electron chi connectivity index (χ0n) is 18.2. The summed E-state index contributed by atoms with van der Waals surface area (Å²) >= 11 is 0. The Bertz CT molecular complexity index is 1100. The Balaban J connectivity index is 1.35. The number of carbonyl (C=O) groups excluding carboxylic acids is 1. The van der Waals surface area contributed by atoms with Crippen LogP contribution in [0.25, 0.3) is 0 Å². The fraction of sp³-hybridized carbons (Fsp3) is 0.280. The number of benzene rings is 2. The third-order valence-electron chi connectivity index (χ3n) is 5.68. The van der Waals surface area contributed by atoms with Gasteiger partial charge in [-0.25, -0.2) is 4.98 Å². The Morgan fingerprint density at radius 3 is 2.59 bits per heavy atom. The number of likely N-dealkylation sites (N-methyl/N-ethyl adjacent to an activating group) is 1. The molecule has 1 aromatic heterocycles. The SMILES string of the molecule is CN(CCc1ccccc1)c1nccc(N2CCN(C(=O)c3cccc(C#N)c3)CC2)n1. The van der Waals surface area contributed by atoms with Crippen LogP contribution in [0.4, 0.5) is 11.8 Å². The van der Waals surface area contributed by atoms with Gasteiger partial charge in [-0.05, 0) is 36.2 Å². The van der Waals surface area contributed by atoms with Crippen LogP contribution in [-0.2, 0) is 6.42 Å². The molecule has 1 aliphatic heterocycles. The van der Waals surface area contributed by atoms with Crippen molar-refractivity contribution in [1.82, 2.24) is 14.9 Å². The van der Waals surface area contributed by atoms with Gasteiger partial charge in [0, 0.05) is 51.5 Å². The highest BCUT2D eigenvalue weighted by molar-refractivity contribution is 5.94. The Kier molecular flexibility index (Phi) is 6.61. The summed E-state index contributed by atoms with van der Waals surface area (Å²) in [5, 5.41) is 9.07. The Morgan fingerprint density at radius 1 is 1.06 bits per heavy atom. The molecule has 0 N–H and O–H groups in total. The quantitative estimate of drug-likeness (QED) is 0.603. The zero-order chi connectivity index (χ0) is 22.3. The van der Waals surface area contributed by atoms with Gasteiger partial charge in [0.15, 0.2) is 0 Å². The van der Waals surface area contributed by atoms with Crippen LogP contribution in [0.1, 0.15) is 21.5 Å². The number of rotatable bonds is 6. The van der Waals surface area contributed by atoms with Gasteiger partial charge < -0.3 is 14.7 Å². The first-order valence-corrected chi connectivity index (χ1v) is 10.8. The van der Waals surface area contributed by atoms with E-state index in [-0.39, 0.29) is 5.91 Å². The standard InChI is InChI=1S/C25H26N6O/c1-29(13-11-20-6-3-2-4-7-20)25-27-12-10-23(28-25)30-14-16-31(17-15-30)24(32)22-9-5-8-21(18-22)19-26/h2-10,12,18H,11,13-17H2,1H3. The van der Waals surface area contributed by atoms with Crippen molar-refractivity contribution in [3.63, 3.8) is 0 Å². The summed E-state index contributed by atoms with van der Waals surface area (Å²) in [6.07, 6.45) is 2.72. The summed E-state index contributed by atoms with van der Waals surface area (Å²) in [6.45, 7) is 3.46. The van der Waals surface area contributed by atoms with Crippen LogP contribution in [0.3, 0.4) is 0 Å². The number of carbonyl (C=O) groups is 1. The van der Waals surface area contributed by atoms with Gasteiger partial charge in [-0.2, -0.15) is 10.2 Å². The summed E-state index contributed by atoms with van der Waals surface area (Å²) in [6, 6.07) is 21.3. The molecule has 1 amide bonds. The van der Waals surface area contributed by atoms with Crippen molar-refractivity contribution < 1.29 is 4.79 Å². The van der Waals surface area contributed by atoms with Crippen LogP contribution in [0, 0.1) is 11.3 Å². The predicted molar refractivity (Wildman–Crippen MR) is 125 cm³/mol. The molecule has 1 saturated heterocycles. The maximum Gasteiger partial charge on any atom is 0.254 e. The van der Waals surface area contributed by atoms with E-state index in [0.717, 1.165) is 18.8 Å². The van der Waals surface area contributed by atoms with Crippen LogP contribution in [-0.4, -0.2) is 60.5 Å². The largest absolute Gasteiger partial charge is 0.353 e. The number of amides is 1. The third-order valence-corrected chi connectivity index (χ3v) is 5.68. The van der Waals surface area contributed by atoms with Crippen molar-refractivity contribution in [1.29, 1.82) is 5.26 Å². The molecule has 7 nitrogen and oxygen atoms in total. The van der Waals surface area contributed by atoms with E-state index in [0.29, 0.717) is 43.3 Å². The fourth-order valence-electron chi connectivity index (χ4n) is 3.78. The first kappa shape index (κ1) is 21.3. The maximum atomic E-state index is 12.8. The van der Waals surface area contributed by atoms with Gasteiger partial charge in [-0.3, -0.25) is 4.79 Å². The molecule has 32 heavy (non-hydrogen) atoms. The number of nitriles is 1. The van der Waals surface area contributed by atoms with Gasteiger partial charge in [0.2, 0.25) is 5.95 Å². The van der Waals surface area contributed by atoms with Crippen molar-refractivity contribution in [2.24, 2.45) is 0 Å². The minimum atomic E-state index is -0.0363. The van der Waals surface area contributed by atoms with Crippen LogP contribution in [0.15, 0.2) is 66.9 Å². The highest BCUT2D eigenvalue weighted by Gasteiger charge is 2.23. The van der Waals surface area contributed by atoms with Gasteiger partial charge in [0.25, 0.3) is 5.91 Å². The molecule has 1 fully saturated rings. The molecule has 2 heterocycles.